The summed E-state index contributed by atoms with van der Waals surface area (Å²) in [5.74, 6) is -0.829. The Morgan fingerprint density at radius 3 is 1.50 bits per heavy atom. The molecule has 170 valence electrons. The van der Waals surface area contributed by atoms with E-state index in [0.29, 0.717) is 22.6 Å². The zero-order valence-corrected chi connectivity index (χ0v) is 18.1. The number of carboxylic acids is 1. The van der Waals surface area contributed by atoms with Crippen LogP contribution in [0.15, 0.2) is 48.6 Å². The first-order chi connectivity index (χ1) is 15.2. The first-order valence-corrected chi connectivity index (χ1v) is 9.57. The minimum Gasteiger partial charge on any atom is -0.504 e. The fraction of sp³-hybridized carbons (Fsp3) is 0.208. The van der Waals surface area contributed by atoms with Gasteiger partial charge in [0.05, 0.1) is 20.6 Å². The van der Waals surface area contributed by atoms with Gasteiger partial charge in [-0.1, -0.05) is 31.2 Å². The summed E-state index contributed by atoms with van der Waals surface area (Å²) in [6.45, 7) is 1.60. The Morgan fingerprint density at radius 1 is 0.812 bits per heavy atom. The summed E-state index contributed by atoms with van der Waals surface area (Å²) >= 11 is 0. The minimum atomic E-state index is -0.745. The van der Waals surface area contributed by atoms with Crippen LogP contribution < -0.4 is 9.47 Å². The van der Waals surface area contributed by atoms with Gasteiger partial charge in [-0.2, -0.15) is 0 Å². The van der Waals surface area contributed by atoms with E-state index < -0.39 is 5.97 Å². The molecule has 3 N–H and O–H groups in total. The summed E-state index contributed by atoms with van der Waals surface area (Å²) in [5.41, 5.74) is 1.33. The van der Waals surface area contributed by atoms with Gasteiger partial charge < -0.3 is 24.8 Å². The van der Waals surface area contributed by atoms with Gasteiger partial charge in [0.15, 0.2) is 34.6 Å². The number of benzene rings is 2. The van der Waals surface area contributed by atoms with Gasteiger partial charge in [-0.25, -0.2) is 0 Å². The van der Waals surface area contributed by atoms with E-state index >= 15 is 0 Å². The number of ether oxygens (including phenoxy) is 2. The van der Waals surface area contributed by atoms with Crippen LogP contribution in [0.25, 0.3) is 12.2 Å². The van der Waals surface area contributed by atoms with Gasteiger partial charge in [-0.3, -0.25) is 14.4 Å². The average Bonchev–Trinajstić information content (AvgIpc) is 2.78. The van der Waals surface area contributed by atoms with Crippen molar-refractivity contribution < 1.29 is 39.2 Å². The summed E-state index contributed by atoms with van der Waals surface area (Å²) in [6.07, 6.45) is 5.66. The number of hydrogen-bond acceptors (Lipinski definition) is 7. The monoisotopic (exact) mass is 442 g/mol. The molecule has 0 aromatic heterocycles. The van der Waals surface area contributed by atoms with Crippen LogP contribution in [0.5, 0.6) is 23.0 Å². The van der Waals surface area contributed by atoms with E-state index in [0.717, 1.165) is 0 Å². The lowest BCUT2D eigenvalue weighted by Gasteiger charge is -2.03. The first kappa shape index (κ1) is 26.0. The molecule has 2 rings (SSSR count). The number of phenols is 2. The molecular weight excluding hydrogens is 416 g/mol. The second-order valence-electron chi connectivity index (χ2n) is 6.39. The van der Waals surface area contributed by atoms with Gasteiger partial charge in [0, 0.05) is 6.42 Å². The summed E-state index contributed by atoms with van der Waals surface area (Å²) in [6, 6.07) is 9.34. The summed E-state index contributed by atoms with van der Waals surface area (Å²) in [7, 11) is 2.87. The van der Waals surface area contributed by atoms with Gasteiger partial charge in [0.1, 0.15) is 0 Å². The third kappa shape index (κ3) is 9.17. The van der Waals surface area contributed by atoms with Crippen molar-refractivity contribution >= 4 is 29.7 Å². The van der Waals surface area contributed by atoms with E-state index in [1.807, 2.05) is 0 Å². The summed E-state index contributed by atoms with van der Waals surface area (Å²) < 4.78 is 10.00. The number of carbonyl (C=O) groups excluding carboxylic acids is 2. The molecule has 8 nitrogen and oxygen atoms in total. The SMILES string of the molecule is CCC(=O)O.COc1cc(/C=C/C(=O)CC(=O)/C=C/c2ccc(O)c(OC)c2)ccc1O. The zero-order chi connectivity index (χ0) is 24.1. The molecule has 0 aliphatic carbocycles. The molecule has 0 saturated carbocycles. The van der Waals surface area contributed by atoms with Crippen LogP contribution in [0.4, 0.5) is 0 Å². The Balaban J connectivity index is 0.000000920. The molecule has 2 aromatic rings. The Morgan fingerprint density at radius 2 is 1.19 bits per heavy atom. The van der Waals surface area contributed by atoms with Crippen molar-refractivity contribution in [3.8, 4) is 23.0 Å². The van der Waals surface area contributed by atoms with Crippen molar-refractivity contribution in [3.05, 3.63) is 59.7 Å². The number of methoxy groups -OCH3 is 2. The predicted octanol–water partition coefficient (Wildman–Crippen LogP) is 3.85. The highest BCUT2D eigenvalue weighted by Gasteiger charge is 2.06. The third-order valence-electron chi connectivity index (χ3n) is 3.98. The molecule has 32 heavy (non-hydrogen) atoms. The molecule has 0 atom stereocenters. The Hall–Kier alpha value is -4.07. The number of hydrogen-bond donors (Lipinski definition) is 3. The normalized spacial score (nSPS) is 10.5. The van der Waals surface area contributed by atoms with E-state index in [2.05, 4.69) is 0 Å². The molecule has 0 fully saturated rings. The Bertz CT molecular complexity index is 932. The number of phenolic OH excluding ortho intramolecular Hbond substituents is 2. The van der Waals surface area contributed by atoms with Crippen molar-refractivity contribution in [2.45, 2.75) is 19.8 Å². The van der Waals surface area contributed by atoms with E-state index in [4.69, 9.17) is 14.6 Å². The molecule has 0 radical (unpaired) electrons. The lowest BCUT2D eigenvalue weighted by molar-refractivity contribution is -0.136. The molecule has 0 bridgehead atoms. The van der Waals surface area contributed by atoms with Crippen LogP contribution >= 0.6 is 0 Å². The largest absolute Gasteiger partial charge is 0.504 e. The minimum absolute atomic E-state index is 0.00662. The van der Waals surface area contributed by atoms with E-state index in [9.17, 15) is 24.6 Å². The number of aromatic hydroxyl groups is 2. The average molecular weight is 442 g/mol. The fourth-order valence-corrected chi connectivity index (χ4v) is 2.26. The molecule has 0 aliphatic rings. The number of rotatable bonds is 9. The van der Waals surface area contributed by atoms with E-state index in [1.54, 1.807) is 43.3 Å². The molecule has 0 saturated heterocycles. The molecule has 0 heterocycles. The number of carboxylic acid groups (broad SMARTS) is 1. The number of allylic oxidation sites excluding steroid dienone is 2. The van der Waals surface area contributed by atoms with Crippen LogP contribution in [0, 0.1) is 0 Å². The van der Waals surface area contributed by atoms with Crippen molar-refractivity contribution in [1.29, 1.82) is 0 Å². The first-order valence-electron chi connectivity index (χ1n) is 9.57. The second-order valence-corrected chi connectivity index (χ2v) is 6.39. The fourth-order valence-electron chi connectivity index (χ4n) is 2.26. The van der Waals surface area contributed by atoms with Crippen LogP contribution in [0.3, 0.4) is 0 Å². The third-order valence-corrected chi connectivity index (χ3v) is 3.98. The molecule has 0 unspecified atom stereocenters. The van der Waals surface area contributed by atoms with Crippen molar-refractivity contribution in [2.24, 2.45) is 0 Å². The lowest BCUT2D eigenvalue weighted by atomic mass is 10.1. The van der Waals surface area contributed by atoms with Gasteiger partial charge in [0.25, 0.3) is 0 Å². The van der Waals surface area contributed by atoms with Gasteiger partial charge in [0.2, 0.25) is 0 Å². The highest BCUT2D eigenvalue weighted by Crippen LogP contribution is 2.27. The van der Waals surface area contributed by atoms with E-state index in [-0.39, 0.29) is 35.9 Å². The maximum Gasteiger partial charge on any atom is 0.303 e. The number of ketones is 2. The highest BCUT2D eigenvalue weighted by atomic mass is 16.5. The Labute approximate surface area is 186 Å². The molecule has 0 spiro atoms. The van der Waals surface area contributed by atoms with Crippen molar-refractivity contribution in [2.75, 3.05) is 14.2 Å². The molecular formula is C24H26O8. The molecule has 2 aromatic carbocycles. The number of aliphatic carboxylic acids is 1. The Kier molecular flexibility index (Phi) is 10.8. The highest BCUT2D eigenvalue weighted by molar-refractivity contribution is 6.10. The molecule has 0 amide bonds. The van der Waals surface area contributed by atoms with Crippen molar-refractivity contribution in [3.63, 3.8) is 0 Å². The molecule has 8 heteroatoms. The van der Waals surface area contributed by atoms with Crippen LogP contribution in [0.1, 0.15) is 30.9 Å². The van der Waals surface area contributed by atoms with Crippen LogP contribution in [-0.4, -0.2) is 47.1 Å². The van der Waals surface area contributed by atoms with Gasteiger partial charge in [-0.15, -0.1) is 0 Å². The maximum atomic E-state index is 11.9. The number of carbonyl (C=O) groups is 3. The van der Waals surface area contributed by atoms with Crippen LogP contribution in [0.2, 0.25) is 0 Å². The standard InChI is InChI=1S/C21H20O6.C3H6O2/c1-26-20-11-14(5-9-18(20)24)3-7-16(22)13-17(23)8-4-15-6-10-19(25)21(12-15)27-2;1-2-3(4)5/h3-12,24-25H,13H2,1-2H3;2H2,1H3,(H,4,5)/b7-3+,8-4+;. The lowest BCUT2D eigenvalue weighted by Crippen LogP contribution is -2.01. The van der Waals surface area contributed by atoms with Gasteiger partial charge in [-0.05, 0) is 47.5 Å². The molecule has 0 aliphatic heterocycles. The van der Waals surface area contributed by atoms with Gasteiger partial charge >= 0.3 is 5.97 Å². The van der Waals surface area contributed by atoms with E-state index in [1.165, 1.54) is 38.5 Å². The maximum absolute atomic E-state index is 11.9. The van der Waals surface area contributed by atoms with Crippen LogP contribution in [-0.2, 0) is 14.4 Å². The predicted molar refractivity (Wildman–Crippen MR) is 120 cm³/mol. The smallest absolute Gasteiger partial charge is 0.303 e. The topological polar surface area (TPSA) is 130 Å². The quantitative estimate of drug-likeness (QED) is 0.394. The second kappa shape index (κ2) is 13.3. The summed E-state index contributed by atoms with van der Waals surface area (Å²) in [4.78, 5) is 33.2. The zero-order valence-electron chi connectivity index (χ0n) is 18.1. The van der Waals surface area contributed by atoms with Crippen molar-refractivity contribution in [1.82, 2.24) is 0 Å². The summed E-state index contributed by atoms with van der Waals surface area (Å²) in [5, 5.41) is 26.8.